The van der Waals surface area contributed by atoms with Gasteiger partial charge in [-0.05, 0) is 17.7 Å². The van der Waals surface area contributed by atoms with Crippen molar-refractivity contribution in [1.29, 1.82) is 5.41 Å². The van der Waals surface area contributed by atoms with Crippen molar-refractivity contribution in [2.45, 2.75) is 19.0 Å². The Kier molecular flexibility index (Phi) is 6.10. The molecule has 2 aromatic rings. The normalized spacial score (nSPS) is 16.3. The zero-order valence-electron chi connectivity index (χ0n) is 15.1. The summed E-state index contributed by atoms with van der Waals surface area (Å²) in [5.41, 5.74) is 6.68. The Hall–Kier alpha value is -3.13. The third-order valence-corrected chi connectivity index (χ3v) is 5.08. The minimum atomic E-state index is -0.882. The molecule has 0 radical (unpaired) electrons. The summed E-state index contributed by atoms with van der Waals surface area (Å²) < 4.78 is 0. The molecule has 8 heteroatoms. The first kappa shape index (κ1) is 19.6. The van der Waals surface area contributed by atoms with Gasteiger partial charge in [0.1, 0.15) is 6.04 Å². The topological polar surface area (TPSA) is 108 Å². The van der Waals surface area contributed by atoms with Gasteiger partial charge in [-0.1, -0.05) is 60.3 Å². The van der Waals surface area contributed by atoms with Gasteiger partial charge in [-0.15, -0.1) is 0 Å². The van der Waals surface area contributed by atoms with Crippen LogP contribution in [0, 0.1) is 5.41 Å². The average Bonchev–Trinajstić information content (AvgIpc) is 2.99. The predicted molar refractivity (Wildman–Crippen MR) is 109 cm³/mol. The van der Waals surface area contributed by atoms with E-state index in [0.29, 0.717) is 5.69 Å². The lowest BCUT2D eigenvalue weighted by Crippen LogP contribution is -2.46. The van der Waals surface area contributed by atoms with Gasteiger partial charge < -0.3 is 10.6 Å². The Balaban J connectivity index is 1.86. The number of imide groups is 1. The summed E-state index contributed by atoms with van der Waals surface area (Å²) in [5, 5.41) is 7.14. The van der Waals surface area contributed by atoms with Gasteiger partial charge in [0, 0.05) is 6.54 Å². The number of carbonyl (C=O) groups is 3. The second-order valence-electron chi connectivity index (χ2n) is 6.28. The first-order valence-electron chi connectivity index (χ1n) is 8.69. The molecule has 0 unspecified atom stereocenters. The van der Waals surface area contributed by atoms with E-state index in [1.165, 1.54) is 4.90 Å². The van der Waals surface area contributed by atoms with Gasteiger partial charge in [0.25, 0.3) is 5.91 Å². The standard InChI is InChI=1S/C20H20N4O3S/c21-20(22)28-13-18(26)23(12-14-7-3-1-4-8-14)16-11-17(25)24(19(16)27)15-9-5-2-6-10-15/h1-10,16H,11-13H2,(H3,21,22)/t16-/m0/s1. The maximum absolute atomic E-state index is 13.0. The highest BCUT2D eigenvalue weighted by Gasteiger charge is 2.44. The highest BCUT2D eigenvalue weighted by Crippen LogP contribution is 2.27. The van der Waals surface area contributed by atoms with Crippen molar-refractivity contribution >= 4 is 40.3 Å². The molecule has 1 fully saturated rings. The monoisotopic (exact) mass is 396 g/mol. The molecule has 1 saturated heterocycles. The first-order chi connectivity index (χ1) is 13.5. The number of amidine groups is 1. The van der Waals surface area contributed by atoms with E-state index in [1.807, 2.05) is 30.3 Å². The predicted octanol–water partition coefficient (Wildman–Crippen LogP) is 1.97. The third-order valence-electron chi connectivity index (χ3n) is 4.38. The van der Waals surface area contributed by atoms with E-state index >= 15 is 0 Å². The lowest BCUT2D eigenvalue weighted by Gasteiger charge is -2.27. The van der Waals surface area contributed by atoms with Crippen LogP contribution in [0.4, 0.5) is 5.69 Å². The summed E-state index contributed by atoms with van der Waals surface area (Å²) in [6.45, 7) is 0.199. The molecule has 2 aromatic carbocycles. The summed E-state index contributed by atoms with van der Waals surface area (Å²) in [6.07, 6.45) is -0.0724. The van der Waals surface area contributed by atoms with Crippen LogP contribution in [0.5, 0.6) is 0 Å². The molecule has 1 atom stereocenters. The molecule has 28 heavy (non-hydrogen) atoms. The van der Waals surface area contributed by atoms with Gasteiger partial charge in [0.05, 0.1) is 17.9 Å². The van der Waals surface area contributed by atoms with Gasteiger partial charge in [0.15, 0.2) is 5.17 Å². The smallest absolute Gasteiger partial charge is 0.257 e. The summed E-state index contributed by atoms with van der Waals surface area (Å²) in [4.78, 5) is 40.9. The third kappa shape index (κ3) is 4.40. The van der Waals surface area contributed by atoms with Gasteiger partial charge in [-0.3, -0.25) is 19.8 Å². The van der Waals surface area contributed by atoms with E-state index < -0.39 is 11.9 Å². The van der Waals surface area contributed by atoms with Crippen molar-refractivity contribution in [3.63, 3.8) is 0 Å². The molecule has 3 N–H and O–H groups in total. The summed E-state index contributed by atoms with van der Waals surface area (Å²) in [6, 6.07) is 17.1. The Labute approximate surface area is 167 Å². The molecular weight excluding hydrogens is 376 g/mol. The maximum atomic E-state index is 13.0. The number of hydrogen-bond donors (Lipinski definition) is 2. The van der Waals surface area contributed by atoms with E-state index in [-0.39, 0.29) is 35.7 Å². The second kappa shape index (κ2) is 8.71. The summed E-state index contributed by atoms with van der Waals surface area (Å²) in [7, 11) is 0. The molecule has 0 spiro atoms. The Bertz CT molecular complexity index is 889. The average molecular weight is 396 g/mol. The largest absolute Gasteiger partial charge is 0.379 e. The molecule has 0 aromatic heterocycles. The molecule has 1 aliphatic heterocycles. The van der Waals surface area contributed by atoms with Gasteiger partial charge in [0.2, 0.25) is 11.8 Å². The van der Waals surface area contributed by atoms with E-state index in [1.54, 1.807) is 30.3 Å². The van der Waals surface area contributed by atoms with E-state index in [4.69, 9.17) is 11.1 Å². The molecule has 144 valence electrons. The molecule has 0 saturated carbocycles. The molecule has 7 nitrogen and oxygen atoms in total. The van der Waals surface area contributed by atoms with Crippen LogP contribution in [0.15, 0.2) is 60.7 Å². The number of nitrogens with one attached hydrogen (secondary N) is 1. The molecule has 3 amide bonds. The summed E-state index contributed by atoms with van der Waals surface area (Å²) >= 11 is 0.896. The fourth-order valence-corrected chi connectivity index (χ4v) is 3.53. The molecule has 0 bridgehead atoms. The second-order valence-corrected chi connectivity index (χ2v) is 7.30. The zero-order chi connectivity index (χ0) is 20.1. The lowest BCUT2D eigenvalue weighted by molar-refractivity contribution is -0.136. The quantitative estimate of drug-likeness (QED) is 0.441. The van der Waals surface area contributed by atoms with Gasteiger partial charge in [-0.25, -0.2) is 4.90 Å². The maximum Gasteiger partial charge on any atom is 0.257 e. The van der Waals surface area contributed by atoms with Crippen LogP contribution in [0.3, 0.4) is 0 Å². The number of anilines is 1. The zero-order valence-corrected chi connectivity index (χ0v) is 15.9. The van der Waals surface area contributed by atoms with Crippen LogP contribution in [0.1, 0.15) is 12.0 Å². The minimum Gasteiger partial charge on any atom is -0.379 e. The van der Waals surface area contributed by atoms with E-state index in [2.05, 4.69) is 0 Å². The number of para-hydroxylation sites is 1. The van der Waals surface area contributed by atoms with E-state index in [0.717, 1.165) is 22.2 Å². The SMILES string of the molecule is N=C(N)SCC(=O)N(Cc1ccccc1)[C@H]1CC(=O)N(c2ccccc2)C1=O. The van der Waals surface area contributed by atoms with Gasteiger partial charge in [-0.2, -0.15) is 0 Å². The lowest BCUT2D eigenvalue weighted by atomic mass is 10.1. The number of rotatable bonds is 6. The molecule has 1 aliphatic rings. The van der Waals surface area contributed by atoms with Crippen molar-refractivity contribution in [2.75, 3.05) is 10.7 Å². The van der Waals surface area contributed by atoms with Crippen LogP contribution in [0.25, 0.3) is 0 Å². The Morgan fingerprint density at radius 2 is 1.71 bits per heavy atom. The van der Waals surface area contributed by atoms with Crippen LogP contribution >= 0.6 is 11.8 Å². The van der Waals surface area contributed by atoms with Crippen molar-refractivity contribution < 1.29 is 14.4 Å². The number of amides is 3. The minimum absolute atomic E-state index is 0.0640. The molecular formula is C20H20N4O3S. The van der Waals surface area contributed by atoms with Crippen LogP contribution in [-0.2, 0) is 20.9 Å². The number of nitrogens with zero attached hydrogens (tertiary/aromatic N) is 2. The molecule has 3 rings (SSSR count). The number of thioether (sulfide) groups is 1. The van der Waals surface area contributed by atoms with Crippen molar-refractivity contribution in [1.82, 2.24) is 4.90 Å². The van der Waals surface area contributed by atoms with Crippen molar-refractivity contribution in [3.8, 4) is 0 Å². The van der Waals surface area contributed by atoms with Crippen LogP contribution in [0.2, 0.25) is 0 Å². The van der Waals surface area contributed by atoms with E-state index in [9.17, 15) is 14.4 Å². The fourth-order valence-electron chi connectivity index (χ4n) is 3.08. The molecule has 1 heterocycles. The van der Waals surface area contributed by atoms with Crippen molar-refractivity contribution in [2.24, 2.45) is 5.73 Å². The first-order valence-corrected chi connectivity index (χ1v) is 9.68. The Morgan fingerprint density at radius 1 is 1.11 bits per heavy atom. The number of carbonyl (C=O) groups excluding carboxylic acids is 3. The molecule has 0 aliphatic carbocycles. The fraction of sp³-hybridized carbons (Fsp3) is 0.200. The number of benzene rings is 2. The Morgan fingerprint density at radius 3 is 2.32 bits per heavy atom. The summed E-state index contributed by atoms with van der Waals surface area (Å²) in [5.74, 6) is -1.17. The number of hydrogen-bond acceptors (Lipinski definition) is 5. The van der Waals surface area contributed by atoms with Crippen LogP contribution < -0.4 is 10.6 Å². The highest BCUT2D eigenvalue weighted by molar-refractivity contribution is 8.14. The van der Waals surface area contributed by atoms with Gasteiger partial charge >= 0.3 is 0 Å². The van der Waals surface area contributed by atoms with Crippen molar-refractivity contribution in [3.05, 3.63) is 66.2 Å². The number of nitrogens with two attached hydrogens (primary N) is 1. The van der Waals surface area contributed by atoms with Crippen LogP contribution in [-0.4, -0.2) is 39.6 Å². The highest BCUT2D eigenvalue weighted by atomic mass is 32.2.